The largest absolute Gasteiger partial charge is 0.493 e. The zero-order valence-electron chi connectivity index (χ0n) is 20.6. The Labute approximate surface area is 210 Å². The fourth-order valence-electron chi connectivity index (χ4n) is 7.50. The third kappa shape index (κ3) is 3.60. The summed E-state index contributed by atoms with van der Waals surface area (Å²) in [5.74, 6) is 1.96. The number of barbiturate groups is 1. The van der Waals surface area contributed by atoms with Crippen LogP contribution in [0.3, 0.4) is 0 Å². The normalized spacial score (nSPS) is 30.1. The van der Waals surface area contributed by atoms with E-state index in [1.54, 1.807) is 18.2 Å². The van der Waals surface area contributed by atoms with Crippen molar-refractivity contribution in [1.82, 2.24) is 5.32 Å². The number of urea groups is 1. The molecule has 1 saturated heterocycles. The van der Waals surface area contributed by atoms with Gasteiger partial charge >= 0.3 is 6.03 Å². The average Bonchev–Trinajstić information content (AvgIpc) is 2.85. The number of amides is 4. The highest BCUT2D eigenvalue weighted by atomic mass is 16.5. The quantitative estimate of drug-likeness (QED) is 0.483. The van der Waals surface area contributed by atoms with Crippen molar-refractivity contribution in [2.75, 3.05) is 19.1 Å². The van der Waals surface area contributed by atoms with Crippen molar-refractivity contribution in [2.45, 2.75) is 43.9 Å². The number of nitrogens with one attached hydrogen (secondary N) is 1. The first kappa shape index (κ1) is 22.8. The van der Waals surface area contributed by atoms with E-state index < -0.39 is 17.8 Å². The van der Waals surface area contributed by atoms with Crippen molar-refractivity contribution in [1.29, 1.82) is 0 Å². The van der Waals surface area contributed by atoms with Gasteiger partial charge in [0.05, 0.1) is 19.9 Å². The van der Waals surface area contributed by atoms with Crippen molar-refractivity contribution in [3.8, 4) is 11.5 Å². The van der Waals surface area contributed by atoms with Crippen LogP contribution in [0, 0.1) is 17.8 Å². The number of imide groups is 2. The molecular formula is C29H30N2O5. The molecule has 1 N–H and O–H groups in total. The first-order chi connectivity index (χ1) is 17.4. The number of hydrogen-bond acceptors (Lipinski definition) is 5. The van der Waals surface area contributed by atoms with Crippen LogP contribution < -0.4 is 19.7 Å². The molecule has 0 radical (unpaired) electrons. The van der Waals surface area contributed by atoms with E-state index >= 15 is 0 Å². The van der Waals surface area contributed by atoms with Crippen molar-refractivity contribution in [2.24, 2.45) is 17.8 Å². The number of ether oxygens (including phenoxy) is 2. The molecular weight excluding hydrogens is 456 g/mol. The molecule has 7 heteroatoms. The van der Waals surface area contributed by atoms with Crippen molar-refractivity contribution in [3.05, 3.63) is 59.2 Å². The summed E-state index contributed by atoms with van der Waals surface area (Å²) in [6, 6.07) is 12.3. The van der Waals surface area contributed by atoms with Gasteiger partial charge in [-0.15, -0.1) is 0 Å². The second kappa shape index (κ2) is 8.50. The van der Waals surface area contributed by atoms with Gasteiger partial charge in [0.15, 0.2) is 11.5 Å². The lowest BCUT2D eigenvalue weighted by Crippen LogP contribution is -2.54. The van der Waals surface area contributed by atoms with Gasteiger partial charge in [-0.3, -0.25) is 14.9 Å². The Kier molecular flexibility index (Phi) is 5.39. The highest BCUT2D eigenvalue weighted by molar-refractivity contribution is 6.39. The van der Waals surface area contributed by atoms with Gasteiger partial charge in [-0.1, -0.05) is 24.3 Å². The van der Waals surface area contributed by atoms with Gasteiger partial charge in [0, 0.05) is 5.56 Å². The number of hydrogen-bond donors (Lipinski definition) is 1. The van der Waals surface area contributed by atoms with Crippen molar-refractivity contribution >= 4 is 29.6 Å². The van der Waals surface area contributed by atoms with E-state index in [2.05, 4.69) is 17.4 Å². The summed E-state index contributed by atoms with van der Waals surface area (Å²) in [5, 5.41) is 2.30. The highest BCUT2D eigenvalue weighted by Crippen LogP contribution is 2.60. The minimum absolute atomic E-state index is 0.147. The number of methoxy groups -OCH3 is 2. The minimum atomic E-state index is -0.748. The Bertz CT molecular complexity index is 1240. The maximum absolute atomic E-state index is 13.4. The average molecular weight is 487 g/mol. The van der Waals surface area contributed by atoms with E-state index in [4.69, 9.17) is 9.47 Å². The number of nitrogens with zero attached hydrogens (tertiary/aromatic N) is 1. The van der Waals surface area contributed by atoms with E-state index in [-0.39, 0.29) is 11.0 Å². The van der Waals surface area contributed by atoms with Gasteiger partial charge in [-0.25, -0.2) is 9.69 Å². The van der Waals surface area contributed by atoms with Crippen LogP contribution in [-0.4, -0.2) is 32.1 Å². The molecule has 5 aliphatic rings. The van der Waals surface area contributed by atoms with Crippen molar-refractivity contribution in [3.63, 3.8) is 0 Å². The van der Waals surface area contributed by atoms with Gasteiger partial charge in [0.1, 0.15) is 5.57 Å². The van der Waals surface area contributed by atoms with Gasteiger partial charge in [0.25, 0.3) is 11.8 Å². The van der Waals surface area contributed by atoms with E-state index in [0.717, 1.165) is 22.7 Å². The first-order valence-electron chi connectivity index (χ1n) is 12.6. The fourth-order valence-corrected chi connectivity index (χ4v) is 7.50. The lowest BCUT2D eigenvalue weighted by molar-refractivity contribution is -0.122. The number of para-hydroxylation sites is 1. The summed E-state index contributed by atoms with van der Waals surface area (Å²) in [6.45, 7) is 0. The maximum Gasteiger partial charge on any atom is 0.335 e. The second-order valence-corrected chi connectivity index (χ2v) is 10.8. The molecule has 2 aromatic carbocycles. The van der Waals surface area contributed by atoms with E-state index in [1.165, 1.54) is 64.4 Å². The van der Waals surface area contributed by atoms with Gasteiger partial charge < -0.3 is 9.47 Å². The van der Waals surface area contributed by atoms with Gasteiger partial charge in [-0.2, -0.15) is 0 Å². The third-order valence-electron chi connectivity index (χ3n) is 8.61. The summed E-state index contributed by atoms with van der Waals surface area (Å²) in [7, 11) is 3.00. The Morgan fingerprint density at radius 1 is 0.889 bits per heavy atom. The fraction of sp³-hybridized carbons (Fsp3) is 0.414. The van der Waals surface area contributed by atoms with Crippen LogP contribution in [0.2, 0.25) is 0 Å². The molecule has 5 fully saturated rings. The van der Waals surface area contributed by atoms with Crippen molar-refractivity contribution < 1.29 is 23.9 Å². The van der Waals surface area contributed by atoms with Crippen LogP contribution in [0.15, 0.2) is 48.0 Å². The van der Waals surface area contributed by atoms with Crippen LogP contribution >= 0.6 is 0 Å². The van der Waals surface area contributed by atoms with Crippen LogP contribution in [0.25, 0.3) is 6.08 Å². The molecule has 4 saturated carbocycles. The smallest absolute Gasteiger partial charge is 0.335 e. The molecule has 1 aliphatic heterocycles. The van der Waals surface area contributed by atoms with Gasteiger partial charge in [0.2, 0.25) is 0 Å². The Morgan fingerprint density at radius 2 is 1.53 bits per heavy atom. The van der Waals surface area contributed by atoms with E-state index in [1.807, 2.05) is 12.1 Å². The summed E-state index contributed by atoms with van der Waals surface area (Å²) in [5.41, 5.74) is 2.34. The summed E-state index contributed by atoms with van der Waals surface area (Å²) < 4.78 is 10.8. The SMILES string of the molecule is COc1cccc(C=C2C(=O)NC(=O)N(c3ccc(C45CC6CC(CC(C6)C4)C5)cc3)C2=O)c1OC. The standard InChI is InChI=1S/C29H30N2O5/c1-35-24-5-3-4-20(25(24)36-2)13-23-26(32)30-28(34)31(27(23)33)22-8-6-21(7-9-22)29-14-17-10-18(15-29)12-19(11-17)16-29/h3-9,13,17-19H,10-12,14-16H2,1-2H3,(H,30,32,34). The predicted molar refractivity (Wildman–Crippen MR) is 135 cm³/mol. The molecule has 186 valence electrons. The predicted octanol–water partition coefficient (Wildman–Crippen LogP) is 4.84. The maximum atomic E-state index is 13.4. The van der Waals surface area contributed by atoms with E-state index in [0.29, 0.717) is 22.7 Å². The number of anilines is 1. The Hall–Kier alpha value is -3.61. The molecule has 2 aromatic rings. The molecule has 7 rings (SSSR count). The molecule has 4 bridgehead atoms. The topological polar surface area (TPSA) is 84.9 Å². The van der Waals surface area contributed by atoms with Crippen LogP contribution in [-0.2, 0) is 15.0 Å². The molecule has 0 spiro atoms. The molecule has 1 heterocycles. The molecule has 36 heavy (non-hydrogen) atoms. The molecule has 0 aromatic heterocycles. The number of carbonyl (C=O) groups is 3. The third-order valence-corrected chi connectivity index (χ3v) is 8.61. The number of carbonyl (C=O) groups excluding carboxylic acids is 3. The van der Waals surface area contributed by atoms with E-state index in [9.17, 15) is 14.4 Å². The lowest BCUT2D eigenvalue weighted by Gasteiger charge is -2.57. The van der Waals surface area contributed by atoms with Crippen LogP contribution in [0.5, 0.6) is 11.5 Å². The van der Waals surface area contributed by atoms with Crippen LogP contribution in [0.1, 0.15) is 49.7 Å². The molecule has 0 unspecified atom stereocenters. The number of benzene rings is 2. The zero-order valence-corrected chi connectivity index (χ0v) is 20.6. The monoisotopic (exact) mass is 486 g/mol. The lowest BCUT2D eigenvalue weighted by atomic mass is 9.48. The van der Waals surface area contributed by atoms with Crippen LogP contribution in [0.4, 0.5) is 10.5 Å². The first-order valence-corrected chi connectivity index (χ1v) is 12.6. The minimum Gasteiger partial charge on any atom is -0.493 e. The second-order valence-electron chi connectivity index (χ2n) is 10.8. The molecule has 7 nitrogen and oxygen atoms in total. The number of rotatable bonds is 5. The highest BCUT2D eigenvalue weighted by Gasteiger charge is 2.51. The summed E-state index contributed by atoms with van der Waals surface area (Å²) >= 11 is 0. The molecule has 4 amide bonds. The van der Waals surface area contributed by atoms with Gasteiger partial charge in [-0.05, 0) is 91.5 Å². The zero-order chi connectivity index (χ0) is 25.0. The molecule has 4 aliphatic carbocycles. The Balaban J connectivity index is 1.31. The Morgan fingerprint density at radius 3 is 2.11 bits per heavy atom. The molecule has 0 atom stereocenters. The summed E-state index contributed by atoms with van der Waals surface area (Å²) in [4.78, 5) is 39.8. The summed E-state index contributed by atoms with van der Waals surface area (Å²) in [6.07, 6.45) is 9.28.